The van der Waals surface area contributed by atoms with E-state index < -0.39 is 39.4 Å². The summed E-state index contributed by atoms with van der Waals surface area (Å²) in [4.78, 5) is 11.9. The molecule has 2 aromatic rings. The number of anilines is 1. The Morgan fingerprint density at radius 3 is 2.44 bits per heavy atom. The summed E-state index contributed by atoms with van der Waals surface area (Å²) in [5, 5.41) is 2.08. The highest BCUT2D eigenvalue weighted by Crippen LogP contribution is 2.30. The van der Waals surface area contributed by atoms with Crippen LogP contribution in [0.25, 0.3) is 0 Å². The topological polar surface area (TPSA) is 84.5 Å². The van der Waals surface area contributed by atoms with Crippen molar-refractivity contribution in [3.63, 3.8) is 0 Å². The lowest BCUT2D eigenvalue weighted by Crippen LogP contribution is -2.24. The number of rotatable bonds is 6. The average Bonchev–Trinajstić information content (AvgIpc) is 2.55. The van der Waals surface area contributed by atoms with Gasteiger partial charge in [0.05, 0.1) is 16.1 Å². The molecule has 146 valence electrons. The van der Waals surface area contributed by atoms with Crippen molar-refractivity contribution in [2.75, 3.05) is 11.9 Å². The molecule has 2 N–H and O–H groups in total. The van der Waals surface area contributed by atoms with Gasteiger partial charge in [-0.25, -0.2) is 17.5 Å². The predicted octanol–water partition coefficient (Wildman–Crippen LogP) is 3.27. The first-order valence-corrected chi connectivity index (χ1v) is 8.97. The van der Waals surface area contributed by atoms with Gasteiger partial charge in [0.2, 0.25) is 10.0 Å². The number of sulfonamides is 1. The van der Waals surface area contributed by atoms with E-state index in [1.165, 1.54) is 19.1 Å². The Morgan fingerprint density at radius 1 is 1.15 bits per heavy atom. The van der Waals surface area contributed by atoms with Crippen LogP contribution >= 0.6 is 0 Å². The van der Waals surface area contributed by atoms with Crippen LogP contribution < -0.4 is 14.8 Å². The van der Waals surface area contributed by atoms with Gasteiger partial charge in [-0.15, -0.1) is 13.2 Å². The monoisotopic (exact) mass is 406 g/mol. The molecule has 1 amide bonds. The molecule has 0 unspecified atom stereocenters. The van der Waals surface area contributed by atoms with Crippen LogP contribution in [-0.4, -0.2) is 27.2 Å². The molecule has 0 radical (unpaired) electrons. The quantitative estimate of drug-likeness (QED) is 0.722. The Hall–Kier alpha value is -2.66. The smallest absolute Gasteiger partial charge is 0.404 e. The maximum Gasteiger partial charge on any atom is 0.573 e. The number of para-hydroxylation sites is 2. The van der Waals surface area contributed by atoms with Crippen molar-refractivity contribution < 1.29 is 35.5 Å². The lowest BCUT2D eigenvalue weighted by atomic mass is 10.2. The van der Waals surface area contributed by atoms with Crippen LogP contribution in [0.15, 0.2) is 47.4 Å². The Bertz CT molecular complexity index is 946. The Morgan fingerprint density at radius 2 is 1.81 bits per heavy atom. The average molecular weight is 406 g/mol. The van der Waals surface area contributed by atoms with E-state index in [1.807, 2.05) is 0 Å². The van der Waals surface area contributed by atoms with E-state index in [-0.39, 0.29) is 17.1 Å². The van der Waals surface area contributed by atoms with Crippen LogP contribution in [0.5, 0.6) is 5.75 Å². The van der Waals surface area contributed by atoms with Gasteiger partial charge < -0.3 is 10.1 Å². The van der Waals surface area contributed by atoms with Gasteiger partial charge in [0.15, 0.2) is 5.75 Å². The molecule has 0 bridgehead atoms. The molecular formula is C16H14F4N2O4S. The van der Waals surface area contributed by atoms with Crippen LogP contribution in [0.1, 0.15) is 17.3 Å². The molecule has 2 aromatic carbocycles. The van der Waals surface area contributed by atoms with Gasteiger partial charge in [-0.3, -0.25) is 4.79 Å². The Kier molecular flexibility index (Phi) is 6.06. The number of hydrogen-bond donors (Lipinski definition) is 2. The summed E-state index contributed by atoms with van der Waals surface area (Å²) in [6.07, 6.45) is -4.99. The van der Waals surface area contributed by atoms with Crippen molar-refractivity contribution in [2.24, 2.45) is 0 Å². The van der Waals surface area contributed by atoms with Crippen molar-refractivity contribution in [2.45, 2.75) is 18.2 Å². The fourth-order valence-electron chi connectivity index (χ4n) is 2.09. The zero-order valence-electron chi connectivity index (χ0n) is 13.8. The first-order valence-electron chi connectivity index (χ1n) is 7.49. The first kappa shape index (κ1) is 20.6. The number of amides is 1. The van der Waals surface area contributed by atoms with Gasteiger partial charge in [0, 0.05) is 6.54 Å². The molecule has 27 heavy (non-hydrogen) atoms. The van der Waals surface area contributed by atoms with Gasteiger partial charge in [-0.2, -0.15) is 0 Å². The third-order valence-corrected chi connectivity index (χ3v) is 4.73. The zero-order chi connectivity index (χ0) is 20.2. The largest absolute Gasteiger partial charge is 0.573 e. The molecule has 0 saturated carbocycles. The molecule has 0 heterocycles. The summed E-state index contributed by atoms with van der Waals surface area (Å²) in [6, 6.07) is 7.20. The van der Waals surface area contributed by atoms with E-state index in [9.17, 15) is 30.8 Å². The number of carbonyl (C=O) groups is 1. The number of alkyl halides is 3. The number of hydrogen-bond acceptors (Lipinski definition) is 4. The van der Waals surface area contributed by atoms with Crippen molar-refractivity contribution in [3.05, 3.63) is 53.8 Å². The molecule has 0 atom stereocenters. The maximum absolute atomic E-state index is 14.0. The van der Waals surface area contributed by atoms with Crippen LogP contribution in [0, 0.1) is 5.82 Å². The van der Waals surface area contributed by atoms with Crippen molar-refractivity contribution >= 4 is 21.6 Å². The van der Waals surface area contributed by atoms with Crippen molar-refractivity contribution in [1.29, 1.82) is 0 Å². The third kappa shape index (κ3) is 5.41. The standard InChI is InChI=1S/C16H14F4N2O4S/c1-2-21-27(24,25)10-7-8-12(17)11(9-10)15(23)22-13-5-3-4-6-14(13)26-16(18,19)20/h3-9,21H,2H2,1H3,(H,22,23). The van der Waals surface area contributed by atoms with Gasteiger partial charge >= 0.3 is 6.36 Å². The van der Waals surface area contributed by atoms with Crippen LogP contribution in [-0.2, 0) is 10.0 Å². The molecule has 6 nitrogen and oxygen atoms in total. The number of carbonyl (C=O) groups excluding carboxylic acids is 1. The van der Waals surface area contributed by atoms with Crippen molar-refractivity contribution in [1.82, 2.24) is 4.72 Å². The number of nitrogens with one attached hydrogen (secondary N) is 2. The zero-order valence-corrected chi connectivity index (χ0v) is 14.6. The fraction of sp³-hybridized carbons (Fsp3) is 0.188. The second kappa shape index (κ2) is 7.92. The van der Waals surface area contributed by atoms with E-state index in [0.29, 0.717) is 0 Å². The summed E-state index contributed by atoms with van der Waals surface area (Å²) < 4.78 is 81.2. The maximum atomic E-state index is 14.0. The number of ether oxygens (including phenoxy) is 1. The van der Waals surface area contributed by atoms with Crippen LogP contribution in [0.3, 0.4) is 0 Å². The summed E-state index contributed by atoms with van der Waals surface area (Å²) in [5.41, 5.74) is -1.02. The van der Waals surface area contributed by atoms with E-state index >= 15 is 0 Å². The molecule has 0 aliphatic carbocycles. The lowest BCUT2D eigenvalue weighted by molar-refractivity contribution is -0.274. The Balaban J connectivity index is 2.35. The summed E-state index contributed by atoms with van der Waals surface area (Å²) in [7, 11) is -3.96. The van der Waals surface area contributed by atoms with Crippen LogP contribution in [0.2, 0.25) is 0 Å². The SMILES string of the molecule is CCNS(=O)(=O)c1ccc(F)c(C(=O)Nc2ccccc2OC(F)(F)F)c1. The van der Waals surface area contributed by atoms with Gasteiger partial charge in [-0.05, 0) is 30.3 Å². The fourth-order valence-corrected chi connectivity index (χ4v) is 3.16. The molecule has 0 spiro atoms. The summed E-state index contributed by atoms with van der Waals surface area (Å²) >= 11 is 0. The highest BCUT2D eigenvalue weighted by Gasteiger charge is 2.32. The Labute approximate surface area is 152 Å². The molecule has 0 fully saturated rings. The summed E-state index contributed by atoms with van der Waals surface area (Å²) in [6.45, 7) is 1.61. The molecule has 11 heteroatoms. The molecule has 0 aliphatic rings. The predicted molar refractivity (Wildman–Crippen MR) is 88.3 cm³/mol. The van der Waals surface area contributed by atoms with E-state index in [2.05, 4.69) is 14.8 Å². The number of halogens is 4. The minimum atomic E-state index is -4.99. The van der Waals surface area contributed by atoms with Gasteiger partial charge in [0.1, 0.15) is 5.82 Å². The molecule has 0 aromatic heterocycles. The second-order valence-electron chi connectivity index (χ2n) is 5.14. The highest BCUT2D eigenvalue weighted by molar-refractivity contribution is 7.89. The molecule has 0 saturated heterocycles. The van der Waals surface area contributed by atoms with E-state index in [1.54, 1.807) is 0 Å². The molecule has 2 rings (SSSR count). The normalized spacial score (nSPS) is 11.9. The molecule has 0 aliphatic heterocycles. The van der Waals surface area contributed by atoms with Gasteiger partial charge in [0.25, 0.3) is 5.91 Å². The van der Waals surface area contributed by atoms with Crippen LogP contribution in [0.4, 0.5) is 23.2 Å². The van der Waals surface area contributed by atoms with Crippen molar-refractivity contribution in [3.8, 4) is 5.75 Å². The summed E-state index contributed by atoms with van der Waals surface area (Å²) in [5.74, 6) is -2.88. The number of benzene rings is 2. The van der Waals surface area contributed by atoms with E-state index in [4.69, 9.17) is 0 Å². The first-order chi connectivity index (χ1) is 12.5. The highest BCUT2D eigenvalue weighted by atomic mass is 32.2. The van der Waals surface area contributed by atoms with E-state index in [0.717, 1.165) is 30.3 Å². The van der Waals surface area contributed by atoms with Gasteiger partial charge in [-0.1, -0.05) is 19.1 Å². The minimum absolute atomic E-state index is 0.0728. The third-order valence-electron chi connectivity index (χ3n) is 3.19. The lowest BCUT2D eigenvalue weighted by Gasteiger charge is -2.14. The second-order valence-corrected chi connectivity index (χ2v) is 6.91. The minimum Gasteiger partial charge on any atom is -0.404 e. The molecular weight excluding hydrogens is 392 g/mol.